The highest BCUT2D eigenvalue weighted by Gasteiger charge is 2.31. The highest BCUT2D eigenvalue weighted by Crippen LogP contribution is 2.46. The summed E-state index contributed by atoms with van der Waals surface area (Å²) in [6, 6.07) is 16.7. The monoisotopic (exact) mass is 280 g/mol. The minimum Gasteiger partial charge on any atom is -0.460 e. The minimum absolute atomic E-state index is 0.104. The van der Waals surface area contributed by atoms with Crippen molar-refractivity contribution >= 4 is 5.97 Å². The number of carbonyl (C=O) groups is 1. The van der Waals surface area contributed by atoms with Crippen LogP contribution < -0.4 is 0 Å². The molecule has 0 spiro atoms. The van der Waals surface area contributed by atoms with Gasteiger partial charge in [0.1, 0.15) is 5.60 Å². The topological polar surface area (TPSA) is 26.3 Å². The Morgan fingerprint density at radius 3 is 1.90 bits per heavy atom. The van der Waals surface area contributed by atoms with Gasteiger partial charge >= 0.3 is 5.97 Å². The zero-order chi connectivity index (χ0) is 15.0. The van der Waals surface area contributed by atoms with E-state index in [4.69, 9.17) is 4.74 Å². The Labute approximate surface area is 125 Å². The van der Waals surface area contributed by atoms with E-state index in [2.05, 4.69) is 24.3 Å². The second-order valence-corrected chi connectivity index (χ2v) is 6.52. The van der Waals surface area contributed by atoms with Crippen LogP contribution in [0.4, 0.5) is 0 Å². The van der Waals surface area contributed by atoms with E-state index in [9.17, 15) is 4.79 Å². The molecule has 0 unspecified atom stereocenters. The smallest absolute Gasteiger partial charge is 0.307 e. The number of fused-ring (bicyclic) bond motifs is 3. The van der Waals surface area contributed by atoms with E-state index in [1.165, 1.54) is 22.3 Å². The van der Waals surface area contributed by atoms with E-state index in [1.54, 1.807) is 0 Å². The lowest BCUT2D eigenvalue weighted by Crippen LogP contribution is -2.24. The summed E-state index contributed by atoms with van der Waals surface area (Å²) in [5.41, 5.74) is 4.49. The van der Waals surface area contributed by atoms with Crippen molar-refractivity contribution in [2.75, 3.05) is 0 Å². The summed E-state index contributed by atoms with van der Waals surface area (Å²) >= 11 is 0. The Bertz CT molecular complexity index is 634. The predicted octanol–water partition coefficient (Wildman–Crippen LogP) is 4.53. The molecule has 1 aliphatic carbocycles. The maximum atomic E-state index is 12.2. The molecule has 0 aromatic heterocycles. The van der Waals surface area contributed by atoms with Crippen molar-refractivity contribution < 1.29 is 9.53 Å². The molecule has 0 N–H and O–H groups in total. The molecule has 1 aliphatic rings. The Kier molecular flexibility index (Phi) is 3.32. The van der Waals surface area contributed by atoms with Gasteiger partial charge in [0.15, 0.2) is 0 Å². The van der Waals surface area contributed by atoms with Gasteiger partial charge in [-0.05, 0) is 43.0 Å². The Morgan fingerprint density at radius 1 is 0.952 bits per heavy atom. The number of carbonyl (C=O) groups excluding carboxylic acids is 1. The molecule has 0 saturated heterocycles. The molecule has 0 saturated carbocycles. The minimum atomic E-state index is -0.436. The van der Waals surface area contributed by atoms with E-state index in [0.29, 0.717) is 6.42 Å². The van der Waals surface area contributed by atoms with Gasteiger partial charge in [-0.25, -0.2) is 0 Å². The molecule has 108 valence electrons. The van der Waals surface area contributed by atoms with Gasteiger partial charge in [-0.3, -0.25) is 4.79 Å². The van der Waals surface area contributed by atoms with E-state index < -0.39 is 5.60 Å². The van der Waals surface area contributed by atoms with Crippen LogP contribution in [0.2, 0.25) is 0 Å². The van der Waals surface area contributed by atoms with Crippen LogP contribution in [-0.2, 0) is 9.53 Å². The molecular formula is C19H20O2. The second kappa shape index (κ2) is 5.03. The maximum Gasteiger partial charge on any atom is 0.307 e. The summed E-state index contributed by atoms with van der Waals surface area (Å²) in [4.78, 5) is 12.2. The molecule has 2 aromatic rings. The Morgan fingerprint density at radius 2 is 1.43 bits per heavy atom. The lowest BCUT2D eigenvalue weighted by Gasteiger charge is -2.21. The molecule has 2 heteroatoms. The van der Waals surface area contributed by atoms with Gasteiger partial charge in [-0.2, -0.15) is 0 Å². The maximum absolute atomic E-state index is 12.2. The van der Waals surface area contributed by atoms with E-state index in [-0.39, 0.29) is 11.9 Å². The molecule has 0 amide bonds. The van der Waals surface area contributed by atoms with Crippen LogP contribution in [0.1, 0.15) is 44.2 Å². The summed E-state index contributed by atoms with van der Waals surface area (Å²) in [5, 5.41) is 0. The van der Waals surface area contributed by atoms with E-state index in [1.807, 2.05) is 45.0 Å². The van der Waals surface area contributed by atoms with Gasteiger partial charge in [0.25, 0.3) is 0 Å². The average Bonchev–Trinajstić information content (AvgIpc) is 2.72. The van der Waals surface area contributed by atoms with Crippen LogP contribution in [0.5, 0.6) is 0 Å². The van der Waals surface area contributed by atoms with Crippen molar-refractivity contribution in [1.29, 1.82) is 0 Å². The van der Waals surface area contributed by atoms with E-state index in [0.717, 1.165) is 0 Å². The summed E-state index contributed by atoms with van der Waals surface area (Å²) in [6.45, 7) is 5.71. The molecule has 2 nitrogen and oxygen atoms in total. The fourth-order valence-corrected chi connectivity index (χ4v) is 3.03. The van der Waals surface area contributed by atoms with Crippen LogP contribution in [0.3, 0.4) is 0 Å². The molecular weight excluding hydrogens is 260 g/mol. The Balaban J connectivity index is 1.94. The van der Waals surface area contributed by atoms with Crippen molar-refractivity contribution in [1.82, 2.24) is 0 Å². The quantitative estimate of drug-likeness (QED) is 0.755. The largest absolute Gasteiger partial charge is 0.460 e. The fraction of sp³-hybridized carbons (Fsp3) is 0.316. The first kappa shape index (κ1) is 13.9. The Hall–Kier alpha value is -2.09. The molecule has 3 rings (SSSR count). The number of hydrogen-bond acceptors (Lipinski definition) is 2. The predicted molar refractivity (Wildman–Crippen MR) is 84.2 cm³/mol. The van der Waals surface area contributed by atoms with Crippen LogP contribution >= 0.6 is 0 Å². The third-order valence-corrected chi connectivity index (χ3v) is 3.75. The third-order valence-electron chi connectivity index (χ3n) is 3.75. The zero-order valence-electron chi connectivity index (χ0n) is 12.7. The van der Waals surface area contributed by atoms with Crippen molar-refractivity contribution in [3.05, 3.63) is 59.7 Å². The molecule has 0 radical (unpaired) electrons. The second-order valence-electron chi connectivity index (χ2n) is 6.52. The number of ether oxygens (including phenoxy) is 1. The lowest BCUT2D eigenvalue weighted by molar-refractivity contribution is -0.155. The van der Waals surface area contributed by atoms with Gasteiger partial charge in [-0.1, -0.05) is 48.5 Å². The zero-order valence-corrected chi connectivity index (χ0v) is 12.7. The first-order chi connectivity index (χ1) is 9.96. The molecule has 0 fully saturated rings. The van der Waals surface area contributed by atoms with Crippen molar-refractivity contribution in [2.45, 2.75) is 38.7 Å². The number of esters is 1. The summed E-state index contributed by atoms with van der Waals surface area (Å²) in [6.07, 6.45) is 0.394. The molecule has 0 heterocycles. The van der Waals surface area contributed by atoms with Gasteiger partial charge in [0.2, 0.25) is 0 Å². The average molecular weight is 280 g/mol. The first-order valence-electron chi connectivity index (χ1n) is 7.36. The van der Waals surface area contributed by atoms with Crippen molar-refractivity contribution in [2.24, 2.45) is 0 Å². The van der Waals surface area contributed by atoms with Gasteiger partial charge in [-0.15, -0.1) is 0 Å². The van der Waals surface area contributed by atoms with Crippen LogP contribution in [-0.4, -0.2) is 11.6 Å². The standard InChI is InChI=1S/C19H20O2/c1-19(2,3)21-18(20)12-17-15-10-6-4-8-13(15)14-9-5-7-11-16(14)17/h4-11,17H,12H2,1-3H3. The lowest BCUT2D eigenvalue weighted by atomic mass is 9.93. The van der Waals surface area contributed by atoms with Crippen LogP contribution in [0.25, 0.3) is 11.1 Å². The van der Waals surface area contributed by atoms with E-state index >= 15 is 0 Å². The van der Waals surface area contributed by atoms with Gasteiger partial charge in [0, 0.05) is 5.92 Å². The normalized spacial score (nSPS) is 13.7. The highest BCUT2D eigenvalue weighted by molar-refractivity contribution is 5.82. The van der Waals surface area contributed by atoms with Gasteiger partial charge < -0.3 is 4.74 Å². The first-order valence-corrected chi connectivity index (χ1v) is 7.36. The summed E-state index contributed by atoms with van der Waals surface area (Å²) in [7, 11) is 0. The highest BCUT2D eigenvalue weighted by atomic mass is 16.6. The third kappa shape index (κ3) is 2.71. The molecule has 21 heavy (non-hydrogen) atoms. The van der Waals surface area contributed by atoms with Crippen LogP contribution in [0.15, 0.2) is 48.5 Å². The number of benzene rings is 2. The fourth-order valence-electron chi connectivity index (χ4n) is 3.03. The number of rotatable bonds is 2. The SMILES string of the molecule is CC(C)(C)OC(=O)CC1c2ccccc2-c2ccccc21. The van der Waals surface area contributed by atoms with Crippen LogP contribution in [0, 0.1) is 0 Å². The summed E-state index contributed by atoms with van der Waals surface area (Å²) < 4.78 is 5.49. The molecule has 0 aliphatic heterocycles. The molecule has 0 atom stereocenters. The number of hydrogen-bond donors (Lipinski definition) is 0. The molecule has 0 bridgehead atoms. The molecule has 2 aromatic carbocycles. The van der Waals surface area contributed by atoms with Crippen molar-refractivity contribution in [3.8, 4) is 11.1 Å². The summed E-state index contributed by atoms with van der Waals surface area (Å²) in [5.74, 6) is -0.0359. The van der Waals surface area contributed by atoms with Gasteiger partial charge in [0.05, 0.1) is 6.42 Å². The van der Waals surface area contributed by atoms with Crippen molar-refractivity contribution in [3.63, 3.8) is 0 Å².